The van der Waals surface area contributed by atoms with Gasteiger partial charge in [-0.15, -0.1) is 0 Å². The van der Waals surface area contributed by atoms with Crippen molar-refractivity contribution in [2.75, 3.05) is 38.3 Å². The van der Waals surface area contributed by atoms with E-state index in [1.807, 2.05) is 29.2 Å². The van der Waals surface area contributed by atoms with Crippen LogP contribution in [0.5, 0.6) is 5.75 Å². The average molecular weight is 381 g/mol. The van der Waals surface area contributed by atoms with Crippen molar-refractivity contribution in [2.45, 2.75) is 19.3 Å². The van der Waals surface area contributed by atoms with Crippen molar-refractivity contribution in [1.82, 2.24) is 9.88 Å². The van der Waals surface area contributed by atoms with Crippen LogP contribution in [0.2, 0.25) is 0 Å². The summed E-state index contributed by atoms with van der Waals surface area (Å²) in [5.74, 6) is 0.285. The van der Waals surface area contributed by atoms with E-state index >= 15 is 0 Å². The van der Waals surface area contributed by atoms with E-state index in [4.69, 9.17) is 9.47 Å². The third-order valence-electron chi connectivity index (χ3n) is 5.17. The Morgan fingerprint density at radius 3 is 2.61 bits per heavy atom. The molecule has 1 fully saturated rings. The topological polar surface area (TPSA) is 72.0 Å². The van der Waals surface area contributed by atoms with Crippen molar-refractivity contribution in [3.8, 4) is 5.75 Å². The number of esters is 1. The van der Waals surface area contributed by atoms with Crippen LogP contribution in [0, 0.1) is 0 Å². The van der Waals surface area contributed by atoms with Crippen molar-refractivity contribution in [2.24, 2.45) is 0 Å². The minimum absolute atomic E-state index is 0.0623. The molecule has 2 aromatic rings. The molecule has 146 valence electrons. The Balaban J connectivity index is 1.58. The standard InChI is InChI=1S/C21H23N3O4/c1-27-21(26)17-7-6-16(14-22-17)24-11-12-28-19-13-15(5-8-18(19)24)20(25)23-9-3-2-4-10-23/h5-8,13-14H,2-4,9-12H2,1H3. The van der Waals surface area contributed by atoms with E-state index in [1.165, 1.54) is 13.5 Å². The number of methoxy groups -OCH3 is 1. The SMILES string of the molecule is COC(=O)c1ccc(N2CCOc3cc(C(=O)N4CCCCC4)ccc32)cn1. The van der Waals surface area contributed by atoms with Crippen LogP contribution in [0.3, 0.4) is 0 Å². The van der Waals surface area contributed by atoms with Gasteiger partial charge in [-0.3, -0.25) is 4.79 Å². The van der Waals surface area contributed by atoms with Crippen LogP contribution in [0.15, 0.2) is 36.5 Å². The highest BCUT2D eigenvalue weighted by molar-refractivity contribution is 5.95. The summed E-state index contributed by atoms with van der Waals surface area (Å²) in [6.07, 6.45) is 4.97. The smallest absolute Gasteiger partial charge is 0.356 e. The predicted molar refractivity (Wildman–Crippen MR) is 104 cm³/mol. The zero-order chi connectivity index (χ0) is 19.5. The molecule has 28 heavy (non-hydrogen) atoms. The maximum absolute atomic E-state index is 12.8. The van der Waals surface area contributed by atoms with E-state index in [9.17, 15) is 9.59 Å². The van der Waals surface area contributed by atoms with Gasteiger partial charge in [0.15, 0.2) is 0 Å². The van der Waals surface area contributed by atoms with Gasteiger partial charge in [-0.1, -0.05) is 0 Å². The van der Waals surface area contributed by atoms with Gasteiger partial charge < -0.3 is 19.3 Å². The van der Waals surface area contributed by atoms with Gasteiger partial charge >= 0.3 is 5.97 Å². The van der Waals surface area contributed by atoms with E-state index in [0.29, 0.717) is 24.5 Å². The first-order valence-electron chi connectivity index (χ1n) is 9.55. The molecule has 7 nitrogen and oxygen atoms in total. The molecule has 0 unspecified atom stereocenters. The fourth-order valence-corrected chi connectivity index (χ4v) is 3.67. The molecular formula is C21H23N3O4. The molecular weight excluding hydrogens is 358 g/mol. The van der Waals surface area contributed by atoms with Crippen LogP contribution in [-0.4, -0.2) is 55.1 Å². The fraction of sp³-hybridized carbons (Fsp3) is 0.381. The molecule has 0 spiro atoms. The second-order valence-corrected chi connectivity index (χ2v) is 6.93. The van der Waals surface area contributed by atoms with Crippen LogP contribution < -0.4 is 9.64 Å². The number of nitrogens with zero attached hydrogens (tertiary/aromatic N) is 3. The van der Waals surface area contributed by atoms with Gasteiger partial charge in [-0.25, -0.2) is 9.78 Å². The molecule has 0 radical (unpaired) electrons. The number of pyridine rings is 1. The van der Waals surface area contributed by atoms with Crippen LogP contribution in [-0.2, 0) is 4.74 Å². The molecule has 0 bridgehead atoms. The molecule has 1 saturated heterocycles. The number of benzene rings is 1. The number of likely N-dealkylation sites (tertiary alicyclic amines) is 1. The van der Waals surface area contributed by atoms with Crippen molar-refractivity contribution < 1.29 is 19.1 Å². The Morgan fingerprint density at radius 2 is 1.89 bits per heavy atom. The van der Waals surface area contributed by atoms with E-state index in [-0.39, 0.29) is 11.6 Å². The summed E-state index contributed by atoms with van der Waals surface area (Å²) in [6.45, 7) is 2.81. The molecule has 2 aliphatic rings. The van der Waals surface area contributed by atoms with Gasteiger partial charge in [0.1, 0.15) is 18.1 Å². The largest absolute Gasteiger partial charge is 0.490 e. The molecule has 4 rings (SSSR count). The summed E-state index contributed by atoms with van der Waals surface area (Å²) in [7, 11) is 1.33. The van der Waals surface area contributed by atoms with Gasteiger partial charge in [0.25, 0.3) is 5.91 Å². The summed E-state index contributed by atoms with van der Waals surface area (Å²) in [4.78, 5) is 32.5. The highest BCUT2D eigenvalue weighted by Gasteiger charge is 2.24. The summed E-state index contributed by atoms with van der Waals surface area (Å²) < 4.78 is 10.5. The number of carbonyl (C=O) groups excluding carboxylic acids is 2. The Labute approximate surface area is 163 Å². The summed E-state index contributed by atoms with van der Waals surface area (Å²) in [5.41, 5.74) is 2.66. The van der Waals surface area contributed by atoms with Gasteiger partial charge in [0.2, 0.25) is 0 Å². The minimum Gasteiger partial charge on any atom is -0.490 e. The van der Waals surface area contributed by atoms with Crippen molar-refractivity contribution in [3.63, 3.8) is 0 Å². The monoisotopic (exact) mass is 381 g/mol. The average Bonchev–Trinajstić information content (AvgIpc) is 2.78. The van der Waals surface area contributed by atoms with Gasteiger partial charge in [0.05, 0.1) is 31.2 Å². The van der Waals surface area contributed by atoms with Crippen molar-refractivity contribution in [3.05, 3.63) is 47.8 Å². The Kier molecular flexibility index (Phi) is 5.14. The lowest BCUT2D eigenvalue weighted by molar-refractivity contribution is 0.0593. The fourth-order valence-electron chi connectivity index (χ4n) is 3.67. The van der Waals surface area contributed by atoms with Gasteiger partial charge in [0, 0.05) is 18.7 Å². The molecule has 0 N–H and O–H groups in total. The molecule has 1 aromatic heterocycles. The maximum atomic E-state index is 12.8. The number of rotatable bonds is 3. The first-order chi connectivity index (χ1) is 13.7. The number of ether oxygens (including phenoxy) is 2. The highest BCUT2D eigenvalue weighted by atomic mass is 16.5. The Morgan fingerprint density at radius 1 is 1.07 bits per heavy atom. The number of fused-ring (bicyclic) bond motifs is 1. The molecule has 0 atom stereocenters. The van der Waals surface area contributed by atoms with Crippen LogP contribution >= 0.6 is 0 Å². The predicted octanol–water partition coefficient (Wildman–Crippen LogP) is 3.02. The lowest BCUT2D eigenvalue weighted by atomic mass is 10.1. The second-order valence-electron chi connectivity index (χ2n) is 6.93. The number of amides is 1. The Hall–Kier alpha value is -3.09. The Bertz CT molecular complexity index is 876. The van der Waals surface area contributed by atoms with E-state index in [2.05, 4.69) is 9.88 Å². The van der Waals surface area contributed by atoms with Crippen molar-refractivity contribution in [1.29, 1.82) is 0 Å². The highest BCUT2D eigenvalue weighted by Crippen LogP contribution is 2.37. The number of aromatic nitrogens is 1. The number of piperidine rings is 1. The first kappa shape index (κ1) is 18.3. The molecule has 0 saturated carbocycles. The lowest BCUT2D eigenvalue weighted by Gasteiger charge is -2.32. The summed E-state index contributed by atoms with van der Waals surface area (Å²) in [6, 6.07) is 9.08. The van der Waals surface area contributed by atoms with Gasteiger partial charge in [-0.05, 0) is 49.6 Å². The molecule has 7 heteroatoms. The number of carbonyl (C=O) groups is 2. The first-order valence-corrected chi connectivity index (χ1v) is 9.55. The number of hydrogen-bond acceptors (Lipinski definition) is 6. The quantitative estimate of drug-likeness (QED) is 0.761. The number of hydrogen-bond donors (Lipinski definition) is 0. The molecule has 0 aliphatic carbocycles. The molecule has 3 heterocycles. The lowest BCUT2D eigenvalue weighted by Crippen LogP contribution is -2.35. The summed E-state index contributed by atoms with van der Waals surface area (Å²) >= 11 is 0. The third-order valence-corrected chi connectivity index (χ3v) is 5.17. The van der Waals surface area contributed by atoms with Crippen LogP contribution in [0.4, 0.5) is 11.4 Å². The van der Waals surface area contributed by atoms with Crippen LogP contribution in [0.1, 0.15) is 40.1 Å². The molecule has 2 aliphatic heterocycles. The minimum atomic E-state index is -0.463. The molecule has 1 aromatic carbocycles. The summed E-state index contributed by atoms with van der Waals surface area (Å²) in [5, 5.41) is 0. The molecule has 1 amide bonds. The zero-order valence-corrected chi connectivity index (χ0v) is 15.9. The zero-order valence-electron chi connectivity index (χ0n) is 15.9. The van der Waals surface area contributed by atoms with Gasteiger partial charge in [-0.2, -0.15) is 0 Å². The van der Waals surface area contributed by atoms with Crippen LogP contribution in [0.25, 0.3) is 0 Å². The van der Waals surface area contributed by atoms with E-state index < -0.39 is 5.97 Å². The van der Waals surface area contributed by atoms with E-state index in [1.54, 1.807) is 12.3 Å². The normalized spacial score (nSPS) is 16.2. The second kappa shape index (κ2) is 7.88. The maximum Gasteiger partial charge on any atom is 0.356 e. The number of anilines is 2. The van der Waals surface area contributed by atoms with E-state index in [0.717, 1.165) is 37.3 Å². The third kappa shape index (κ3) is 3.52. The van der Waals surface area contributed by atoms with Crippen molar-refractivity contribution >= 4 is 23.3 Å².